The Bertz CT molecular complexity index is 1050. The lowest BCUT2D eigenvalue weighted by Crippen LogP contribution is -2.29. The van der Waals surface area contributed by atoms with Gasteiger partial charge in [0.2, 0.25) is 0 Å². The molecule has 0 aliphatic heterocycles. The first-order valence-electron chi connectivity index (χ1n) is 9.79. The summed E-state index contributed by atoms with van der Waals surface area (Å²) in [5.41, 5.74) is 3.75. The van der Waals surface area contributed by atoms with Gasteiger partial charge in [-0.15, -0.1) is 0 Å². The molecular weight excluding hydrogens is 376 g/mol. The molecule has 0 radical (unpaired) electrons. The summed E-state index contributed by atoms with van der Waals surface area (Å²) >= 11 is 0. The van der Waals surface area contributed by atoms with Crippen molar-refractivity contribution in [1.82, 2.24) is 4.90 Å². The fraction of sp³-hybridized carbons (Fsp3) is 0.200. The van der Waals surface area contributed by atoms with Crippen molar-refractivity contribution in [3.8, 4) is 5.75 Å². The van der Waals surface area contributed by atoms with E-state index in [1.54, 1.807) is 43.3 Å². The van der Waals surface area contributed by atoms with Crippen LogP contribution in [0.15, 0.2) is 72.8 Å². The Labute approximate surface area is 177 Å². The number of nitrogens with zero attached hydrogens (tertiary/aromatic N) is 1. The van der Waals surface area contributed by atoms with Crippen molar-refractivity contribution in [2.75, 3.05) is 19.5 Å². The van der Waals surface area contributed by atoms with Crippen LogP contribution in [0.3, 0.4) is 0 Å². The second-order valence-corrected chi connectivity index (χ2v) is 7.22. The molecule has 0 fully saturated rings. The van der Waals surface area contributed by atoms with E-state index >= 15 is 0 Å². The van der Waals surface area contributed by atoms with Crippen molar-refractivity contribution in [1.29, 1.82) is 0 Å². The van der Waals surface area contributed by atoms with Crippen LogP contribution in [0.4, 0.5) is 5.69 Å². The molecule has 0 aromatic heterocycles. The molecule has 3 aromatic carbocycles. The number of rotatable bonds is 6. The Morgan fingerprint density at radius 2 is 1.67 bits per heavy atom. The SMILES string of the molecule is COc1cc(C(=O)N(C)[C@H](C)c2cccc(NC(=O)c3ccccc3)c2)ccc1C. The Morgan fingerprint density at radius 3 is 2.37 bits per heavy atom. The molecule has 0 aliphatic carbocycles. The molecule has 0 saturated carbocycles. The van der Waals surface area contributed by atoms with Gasteiger partial charge in [-0.3, -0.25) is 9.59 Å². The van der Waals surface area contributed by atoms with Gasteiger partial charge in [-0.2, -0.15) is 0 Å². The third-order valence-corrected chi connectivity index (χ3v) is 5.22. The smallest absolute Gasteiger partial charge is 0.255 e. The molecule has 0 aliphatic rings. The van der Waals surface area contributed by atoms with Crippen molar-refractivity contribution in [3.05, 3.63) is 95.1 Å². The van der Waals surface area contributed by atoms with E-state index in [4.69, 9.17) is 4.74 Å². The monoisotopic (exact) mass is 402 g/mol. The van der Waals surface area contributed by atoms with Crippen molar-refractivity contribution >= 4 is 17.5 Å². The molecule has 0 spiro atoms. The molecule has 5 heteroatoms. The first kappa shape index (κ1) is 21.1. The molecule has 5 nitrogen and oxygen atoms in total. The van der Waals surface area contributed by atoms with E-state index in [0.717, 1.165) is 11.1 Å². The maximum atomic E-state index is 13.0. The lowest BCUT2D eigenvalue weighted by atomic mass is 10.0. The van der Waals surface area contributed by atoms with Crippen molar-refractivity contribution in [3.63, 3.8) is 0 Å². The molecule has 0 saturated heterocycles. The van der Waals surface area contributed by atoms with E-state index in [2.05, 4.69) is 5.32 Å². The van der Waals surface area contributed by atoms with E-state index in [9.17, 15) is 9.59 Å². The Kier molecular flexibility index (Phi) is 6.52. The highest BCUT2D eigenvalue weighted by Crippen LogP contribution is 2.26. The summed E-state index contributed by atoms with van der Waals surface area (Å²) in [4.78, 5) is 27.1. The Hall–Kier alpha value is -3.60. The number of benzene rings is 3. The third-order valence-electron chi connectivity index (χ3n) is 5.22. The van der Waals surface area contributed by atoms with Gasteiger partial charge in [0.25, 0.3) is 11.8 Å². The predicted octanol–water partition coefficient (Wildman–Crippen LogP) is 5.09. The zero-order valence-electron chi connectivity index (χ0n) is 17.7. The summed E-state index contributed by atoms with van der Waals surface area (Å²) < 4.78 is 5.34. The number of amides is 2. The summed E-state index contributed by atoms with van der Waals surface area (Å²) in [5, 5.41) is 2.92. The largest absolute Gasteiger partial charge is 0.496 e. The molecule has 1 N–H and O–H groups in total. The number of methoxy groups -OCH3 is 1. The van der Waals surface area contributed by atoms with Gasteiger partial charge in [-0.05, 0) is 61.4 Å². The quantitative estimate of drug-likeness (QED) is 0.625. The van der Waals surface area contributed by atoms with Crippen LogP contribution in [-0.4, -0.2) is 30.9 Å². The zero-order valence-corrected chi connectivity index (χ0v) is 17.7. The number of anilines is 1. The van der Waals surface area contributed by atoms with Crippen LogP contribution < -0.4 is 10.1 Å². The fourth-order valence-electron chi connectivity index (χ4n) is 3.23. The van der Waals surface area contributed by atoms with Gasteiger partial charge in [0, 0.05) is 23.9 Å². The highest BCUT2D eigenvalue weighted by molar-refractivity contribution is 6.04. The maximum absolute atomic E-state index is 13.0. The van der Waals surface area contributed by atoms with Crippen molar-refractivity contribution in [2.24, 2.45) is 0 Å². The Balaban J connectivity index is 1.76. The summed E-state index contributed by atoms with van der Waals surface area (Å²) in [7, 11) is 3.37. The van der Waals surface area contributed by atoms with Gasteiger partial charge < -0.3 is 15.0 Å². The first-order valence-corrected chi connectivity index (χ1v) is 9.79. The standard InChI is InChI=1S/C25H26N2O3/c1-17-13-14-21(16-23(17)30-4)25(29)27(3)18(2)20-11-8-12-22(15-20)26-24(28)19-9-6-5-7-10-19/h5-16,18H,1-4H3,(H,26,28)/t18-/m1/s1. The fourth-order valence-corrected chi connectivity index (χ4v) is 3.23. The molecular formula is C25H26N2O3. The minimum atomic E-state index is -0.182. The van der Waals surface area contributed by atoms with Crippen LogP contribution >= 0.6 is 0 Å². The number of hydrogen-bond donors (Lipinski definition) is 1. The topological polar surface area (TPSA) is 58.6 Å². The number of ether oxygens (including phenoxy) is 1. The lowest BCUT2D eigenvalue weighted by molar-refractivity contribution is 0.0742. The first-order chi connectivity index (χ1) is 14.4. The van der Waals surface area contributed by atoms with Crippen molar-refractivity contribution in [2.45, 2.75) is 19.9 Å². The molecule has 154 valence electrons. The van der Waals surface area contributed by atoms with Gasteiger partial charge in [-0.1, -0.05) is 36.4 Å². The molecule has 1 atom stereocenters. The summed E-state index contributed by atoms with van der Waals surface area (Å²) in [6.45, 7) is 3.90. The van der Waals surface area contributed by atoms with Gasteiger partial charge in [-0.25, -0.2) is 0 Å². The van der Waals surface area contributed by atoms with Crippen LogP contribution in [0.5, 0.6) is 5.75 Å². The minimum Gasteiger partial charge on any atom is -0.496 e. The number of carbonyl (C=O) groups excluding carboxylic acids is 2. The second kappa shape index (κ2) is 9.27. The van der Waals surface area contributed by atoms with Crippen LogP contribution in [0, 0.1) is 6.92 Å². The normalized spacial score (nSPS) is 11.5. The number of carbonyl (C=O) groups is 2. The van der Waals surface area contributed by atoms with Crippen LogP contribution in [0.1, 0.15) is 44.8 Å². The van der Waals surface area contributed by atoms with Gasteiger partial charge in [0.15, 0.2) is 0 Å². The molecule has 0 heterocycles. The Morgan fingerprint density at radius 1 is 0.933 bits per heavy atom. The number of hydrogen-bond acceptors (Lipinski definition) is 3. The van der Waals surface area contributed by atoms with Gasteiger partial charge in [0.05, 0.1) is 13.2 Å². The molecule has 2 amide bonds. The zero-order chi connectivity index (χ0) is 21.7. The maximum Gasteiger partial charge on any atom is 0.255 e. The van der Waals surface area contributed by atoms with Crippen molar-refractivity contribution < 1.29 is 14.3 Å². The van der Waals surface area contributed by atoms with E-state index in [1.807, 2.05) is 62.4 Å². The van der Waals surface area contributed by atoms with E-state index in [-0.39, 0.29) is 17.9 Å². The second-order valence-electron chi connectivity index (χ2n) is 7.22. The molecule has 3 rings (SSSR count). The van der Waals surface area contributed by atoms with Crippen LogP contribution in [0.25, 0.3) is 0 Å². The van der Waals surface area contributed by atoms with Gasteiger partial charge >= 0.3 is 0 Å². The molecule has 0 unspecified atom stereocenters. The predicted molar refractivity (Wildman–Crippen MR) is 119 cm³/mol. The van der Waals surface area contributed by atoms with E-state index in [0.29, 0.717) is 22.6 Å². The van der Waals surface area contributed by atoms with E-state index < -0.39 is 0 Å². The highest BCUT2D eigenvalue weighted by atomic mass is 16.5. The summed E-state index contributed by atoms with van der Waals surface area (Å²) in [6.07, 6.45) is 0. The minimum absolute atomic E-state index is 0.0977. The third kappa shape index (κ3) is 4.69. The average Bonchev–Trinajstić information content (AvgIpc) is 2.78. The lowest BCUT2D eigenvalue weighted by Gasteiger charge is -2.26. The summed E-state index contributed by atoms with van der Waals surface area (Å²) in [6, 6.07) is 21.9. The van der Waals surface area contributed by atoms with Gasteiger partial charge in [0.1, 0.15) is 5.75 Å². The number of aryl methyl sites for hydroxylation is 1. The number of nitrogens with one attached hydrogen (secondary N) is 1. The average molecular weight is 402 g/mol. The van der Waals surface area contributed by atoms with E-state index in [1.165, 1.54) is 0 Å². The summed E-state index contributed by atoms with van der Waals surface area (Å²) in [5.74, 6) is 0.420. The van der Waals surface area contributed by atoms with Crippen LogP contribution in [-0.2, 0) is 0 Å². The highest BCUT2D eigenvalue weighted by Gasteiger charge is 2.20. The van der Waals surface area contributed by atoms with Crippen LogP contribution in [0.2, 0.25) is 0 Å². The molecule has 3 aromatic rings. The molecule has 0 bridgehead atoms. The molecule has 30 heavy (non-hydrogen) atoms.